The Morgan fingerprint density at radius 2 is 1.61 bits per heavy atom. The van der Waals surface area contributed by atoms with Crippen LogP contribution in [0.4, 0.5) is 0 Å². The molecule has 0 aliphatic rings. The van der Waals surface area contributed by atoms with Gasteiger partial charge in [-0.25, -0.2) is 0 Å². The summed E-state index contributed by atoms with van der Waals surface area (Å²) in [7, 11) is 0. The van der Waals surface area contributed by atoms with E-state index in [0.717, 1.165) is 12.8 Å². The van der Waals surface area contributed by atoms with Crippen molar-refractivity contribution in [1.29, 1.82) is 0 Å². The Morgan fingerprint density at radius 3 is 2.22 bits per heavy atom. The van der Waals surface area contributed by atoms with Crippen LogP contribution >= 0.6 is 0 Å². The molecule has 0 bridgehead atoms. The van der Waals surface area contributed by atoms with E-state index in [1.165, 1.54) is 16.7 Å². The van der Waals surface area contributed by atoms with Gasteiger partial charge in [0.15, 0.2) is 0 Å². The van der Waals surface area contributed by atoms with Crippen LogP contribution in [0, 0.1) is 6.92 Å². The summed E-state index contributed by atoms with van der Waals surface area (Å²) in [5.41, 5.74) is 3.68. The van der Waals surface area contributed by atoms with Gasteiger partial charge in [0.25, 0.3) is 0 Å². The maximum atomic E-state index is 12.7. The van der Waals surface area contributed by atoms with E-state index in [4.69, 9.17) is 0 Å². The zero-order valence-corrected chi connectivity index (χ0v) is 14.4. The molecule has 0 aliphatic heterocycles. The zero-order valence-electron chi connectivity index (χ0n) is 14.4. The molecule has 1 N–H and O–H groups in total. The molecule has 2 aromatic carbocycles. The van der Waals surface area contributed by atoms with Gasteiger partial charge in [0.2, 0.25) is 0 Å². The lowest BCUT2D eigenvalue weighted by atomic mass is 9.97. The third-order valence-corrected chi connectivity index (χ3v) is 3.99. The van der Waals surface area contributed by atoms with Crippen molar-refractivity contribution in [1.82, 2.24) is 5.32 Å². The fourth-order valence-electron chi connectivity index (χ4n) is 2.71. The Morgan fingerprint density at radius 1 is 0.957 bits per heavy atom. The summed E-state index contributed by atoms with van der Waals surface area (Å²) >= 11 is 0. The monoisotopic (exact) mass is 309 g/mol. The van der Waals surface area contributed by atoms with Crippen LogP contribution in [0.25, 0.3) is 0 Å². The Bertz CT molecular complexity index is 601. The topological polar surface area (TPSA) is 29.1 Å². The summed E-state index contributed by atoms with van der Waals surface area (Å²) in [4.78, 5) is 12.7. The van der Waals surface area contributed by atoms with Crippen LogP contribution in [0.15, 0.2) is 54.6 Å². The number of aryl methyl sites for hydroxylation is 2. The van der Waals surface area contributed by atoms with E-state index >= 15 is 0 Å². The van der Waals surface area contributed by atoms with Crippen LogP contribution in [0.3, 0.4) is 0 Å². The van der Waals surface area contributed by atoms with Gasteiger partial charge in [-0.3, -0.25) is 4.79 Å². The van der Waals surface area contributed by atoms with Crippen molar-refractivity contribution < 1.29 is 4.79 Å². The molecule has 2 nitrogen and oxygen atoms in total. The lowest BCUT2D eigenvalue weighted by Gasteiger charge is -2.20. The summed E-state index contributed by atoms with van der Waals surface area (Å²) in [6, 6.07) is 18.9. The first-order valence-electron chi connectivity index (χ1n) is 8.43. The molecule has 122 valence electrons. The Hall–Kier alpha value is -1.93. The highest BCUT2D eigenvalue weighted by Crippen LogP contribution is 2.10. The first-order chi connectivity index (χ1) is 11.0. The number of rotatable bonds is 8. The number of carbonyl (C=O) groups excluding carboxylic acids is 1. The second kappa shape index (κ2) is 8.64. The minimum atomic E-state index is -0.108. The van der Waals surface area contributed by atoms with Crippen molar-refractivity contribution in [2.45, 2.75) is 52.1 Å². The largest absolute Gasteiger partial charge is 0.305 e. The SMILES string of the molecule is Cc1ccc(CCC(=O)[C@H](Cc2ccccc2)NC(C)C)cc1. The average molecular weight is 309 g/mol. The standard InChI is InChI=1S/C21H27NO/c1-16(2)22-20(15-19-7-5-4-6-8-19)21(23)14-13-18-11-9-17(3)10-12-18/h4-12,16,20,22H,13-15H2,1-3H3/t20-/m0/s1. The minimum absolute atomic E-state index is 0.108. The maximum absolute atomic E-state index is 12.7. The first-order valence-corrected chi connectivity index (χ1v) is 8.43. The highest BCUT2D eigenvalue weighted by atomic mass is 16.1. The maximum Gasteiger partial charge on any atom is 0.150 e. The fraction of sp³-hybridized carbons (Fsp3) is 0.381. The second-order valence-corrected chi connectivity index (χ2v) is 6.52. The van der Waals surface area contributed by atoms with Crippen LogP contribution in [-0.4, -0.2) is 17.9 Å². The Balaban J connectivity index is 1.97. The number of benzene rings is 2. The molecule has 0 aliphatic carbocycles. The Labute approximate surface area is 139 Å². The average Bonchev–Trinajstić information content (AvgIpc) is 2.54. The van der Waals surface area contributed by atoms with Crippen LogP contribution < -0.4 is 5.32 Å². The number of hydrogen-bond acceptors (Lipinski definition) is 2. The van der Waals surface area contributed by atoms with E-state index in [2.05, 4.69) is 62.5 Å². The molecular formula is C21H27NO. The smallest absolute Gasteiger partial charge is 0.150 e. The molecule has 2 heteroatoms. The van der Waals surface area contributed by atoms with Gasteiger partial charge in [-0.1, -0.05) is 74.0 Å². The van der Waals surface area contributed by atoms with Crippen LogP contribution in [0.5, 0.6) is 0 Å². The predicted octanol–water partition coefficient (Wildman–Crippen LogP) is 4.11. The lowest BCUT2D eigenvalue weighted by Crippen LogP contribution is -2.42. The predicted molar refractivity (Wildman–Crippen MR) is 96.7 cm³/mol. The van der Waals surface area contributed by atoms with Crippen molar-refractivity contribution in [2.24, 2.45) is 0 Å². The number of ketones is 1. The van der Waals surface area contributed by atoms with E-state index in [-0.39, 0.29) is 6.04 Å². The number of Topliss-reactive ketones (excluding diaryl/α,β-unsaturated/α-hetero) is 1. The summed E-state index contributed by atoms with van der Waals surface area (Å²) in [5.74, 6) is 0.295. The Kier molecular flexibility index (Phi) is 6.54. The molecule has 0 fully saturated rings. The van der Waals surface area contributed by atoms with Gasteiger partial charge in [0.1, 0.15) is 5.78 Å². The highest BCUT2D eigenvalue weighted by Gasteiger charge is 2.19. The molecule has 2 aromatic rings. The highest BCUT2D eigenvalue weighted by molar-refractivity contribution is 5.84. The molecule has 0 spiro atoms. The van der Waals surface area contributed by atoms with Crippen LogP contribution in [0.1, 0.15) is 37.0 Å². The van der Waals surface area contributed by atoms with Gasteiger partial charge in [-0.05, 0) is 30.9 Å². The van der Waals surface area contributed by atoms with Crippen molar-refractivity contribution in [3.8, 4) is 0 Å². The van der Waals surface area contributed by atoms with Gasteiger partial charge in [0, 0.05) is 12.5 Å². The molecular weight excluding hydrogens is 282 g/mol. The second-order valence-electron chi connectivity index (χ2n) is 6.52. The van der Waals surface area contributed by atoms with Crippen molar-refractivity contribution in [2.75, 3.05) is 0 Å². The molecule has 2 rings (SSSR count). The van der Waals surface area contributed by atoms with Gasteiger partial charge in [0.05, 0.1) is 6.04 Å². The molecule has 1 atom stereocenters. The first kappa shape index (κ1) is 17.4. The molecule has 0 heterocycles. The zero-order chi connectivity index (χ0) is 16.7. The molecule has 0 unspecified atom stereocenters. The minimum Gasteiger partial charge on any atom is -0.305 e. The molecule has 23 heavy (non-hydrogen) atoms. The number of hydrogen-bond donors (Lipinski definition) is 1. The number of carbonyl (C=O) groups is 1. The van der Waals surface area contributed by atoms with Crippen molar-refractivity contribution >= 4 is 5.78 Å². The molecule has 0 aromatic heterocycles. The molecule has 0 amide bonds. The lowest BCUT2D eigenvalue weighted by molar-refractivity contribution is -0.121. The van der Waals surface area contributed by atoms with E-state index in [0.29, 0.717) is 18.2 Å². The van der Waals surface area contributed by atoms with E-state index in [9.17, 15) is 4.79 Å². The van der Waals surface area contributed by atoms with Gasteiger partial charge >= 0.3 is 0 Å². The fourth-order valence-corrected chi connectivity index (χ4v) is 2.71. The quantitative estimate of drug-likeness (QED) is 0.795. The van der Waals surface area contributed by atoms with Crippen molar-refractivity contribution in [3.05, 3.63) is 71.3 Å². The number of nitrogens with one attached hydrogen (secondary N) is 1. The van der Waals surface area contributed by atoms with E-state index < -0.39 is 0 Å². The summed E-state index contributed by atoms with van der Waals surface area (Å²) in [6.07, 6.45) is 2.15. The van der Waals surface area contributed by atoms with Crippen LogP contribution in [0.2, 0.25) is 0 Å². The summed E-state index contributed by atoms with van der Waals surface area (Å²) < 4.78 is 0. The third kappa shape index (κ3) is 5.99. The molecule has 0 saturated carbocycles. The van der Waals surface area contributed by atoms with E-state index in [1.54, 1.807) is 0 Å². The molecule has 0 saturated heterocycles. The van der Waals surface area contributed by atoms with Crippen LogP contribution in [-0.2, 0) is 17.6 Å². The van der Waals surface area contributed by atoms with E-state index in [1.807, 2.05) is 18.2 Å². The van der Waals surface area contributed by atoms with Gasteiger partial charge in [-0.2, -0.15) is 0 Å². The van der Waals surface area contributed by atoms with Gasteiger partial charge < -0.3 is 5.32 Å². The van der Waals surface area contributed by atoms with Crippen molar-refractivity contribution in [3.63, 3.8) is 0 Å². The third-order valence-electron chi connectivity index (χ3n) is 3.99. The normalized spacial score (nSPS) is 12.3. The summed E-state index contributed by atoms with van der Waals surface area (Å²) in [6.45, 7) is 6.26. The van der Waals surface area contributed by atoms with Gasteiger partial charge in [-0.15, -0.1) is 0 Å². The molecule has 0 radical (unpaired) electrons. The summed E-state index contributed by atoms with van der Waals surface area (Å²) in [5, 5.41) is 3.42.